The molecule has 1 aliphatic rings. The molecule has 1 aromatic heterocycles. The fourth-order valence-electron chi connectivity index (χ4n) is 3.09. The summed E-state index contributed by atoms with van der Waals surface area (Å²) in [6.07, 6.45) is 0. The molecule has 3 rings (SSSR count). The zero-order valence-electron chi connectivity index (χ0n) is 15.8. The molecule has 2 aromatic rings. The van der Waals surface area contributed by atoms with Crippen molar-refractivity contribution in [3.63, 3.8) is 0 Å². The number of nitrogens with zero attached hydrogens (tertiary/aromatic N) is 4. The van der Waals surface area contributed by atoms with Gasteiger partial charge < -0.3 is 10.2 Å². The molecule has 0 bridgehead atoms. The highest BCUT2D eigenvalue weighted by Crippen LogP contribution is 2.20. The molecule has 1 N–H and O–H groups in total. The van der Waals surface area contributed by atoms with Gasteiger partial charge in [-0.15, -0.1) is 0 Å². The molecule has 1 saturated heterocycles. The first-order valence-electron chi connectivity index (χ1n) is 9.05. The summed E-state index contributed by atoms with van der Waals surface area (Å²) < 4.78 is 53.7. The number of halogens is 2. The SMILES string of the molecule is CCNc1nc(C)cc(N2CCN(S(=O)(=O)Cc3cc(F)ccc3F)CC2)n1. The zero-order chi connectivity index (χ0) is 20.3. The van der Waals surface area contributed by atoms with Crippen molar-refractivity contribution in [2.24, 2.45) is 0 Å². The average molecular weight is 411 g/mol. The molecule has 0 radical (unpaired) electrons. The van der Waals surface area contributed by atoms with Crippen LogP contribution in [0, 0.1) is 18.6 Å². The first kappa shape index (κ1) is 20.4. The molecule has 0 unspecified atom stereocenters. The molecule has 0 aliphatic carbocycles. The van der Waals surface area contributed by atoms with Crippen LogP contribution in [0.3, 0.4) is 0 Å². The van der Waals surface area contributed by atoms with Crippen LogP contribution in [0.4, 0.5) is 20.5 Å². The van der Waals surface area contributed by atoms with Crippen LogP contribution in [0.15, 0.2) is 24.3 Å². The lowest BCUT2D eigenvalue weighted by molar-refractivity contribution is 0.383. The molecule has 0 spiro atoms. The smallest absolute Gasteiger partial charge is 0.224 e. The number of sulfonamides is 1. The Morgan fingerprint density at radius 2 is 1.82 bits per heavy atom. The number of rotatable bonds is 6. The van der Waals surface area contributed by atoms with Gasteiger partial charge in [0.1, 0.15) is 17.5 Å². The molecule has 28 heavy (non-hydrogen) atoms. The maximum absolute atomic E-state index is 13.8. The van der Waals surface area contributed by atoms with Crippen molar-refractivity contribution < 1.29 is 17.2 Å². The highest BCUT2D eigenvalue weighted by molar-refractivity contribution is 7.88. The monoisotopic (exact) mass is 411 g/mol. The fourth-order valence-corrected chi connectivity index (χ4v) is 4.60. The van der Waals surface area contributed by atoms with Gasteiger partial charge in [-0.3, -0.25) is 0 Å². The third-order valence-corrected chi connectivity index (χ3v) is 6.31. The molecule has 10 heteroatoms. The quantitative estimate of drug-likeness (QED) is 0.785. The third kappa shape index (κ3) is 4.74. The summed E-state index contributed by atoms with van der Waals surface area (Å²) in [5.74, 6) is -0.679. The predicted molar refractivity (Wildman–Crippen MR) is 104 cm³/mol. The molecule has 1 aliphatic heterocycles. The lowest BCUT2D eigenvalue weighted by Crippen LogP contribution is -2.49. The fraction of sp³-hybridized carbons (Fsp3) is 0.444. The van der Waals surface area contributed by atoms with Crippen molar-refractivity contribution in [2.75, 3.05) is 42.9 Å². The summed E-state index contributed by atoms with van der Waals surface area (Å²) in [6, 6.07) is 4.69. The van der Waals surface area contributed by atoms with E-state index >= 15 is 0 Å². The normalized spacial score (nSPS) is 15.6. The Morgan fingerprint density at radius 3 is 2.50 bits per heavy atom. The van der Waals surface area contributed by atoms with Crippen LogP contribution in [0.2, 0.25) is 0 Å². The summed E-state index contributed by atoms with van der Waals surface area (Å²) in [5, 5.41) is 3.08. The number of benzene rings is 1. The first-order valence-corrected chi connectivity index (χ1v) is 10.7. The predicted octanol–water partition coefficient (Wildman–Crippen LogP) is 2.15. The highest BCUT2D eigenvalue weighted by Gasteiger charge is 2.28. The van der Waals surface area contributed by atoms with Gasteiger partial charge in [0.25, 0.3) is 0 Å². The van der Waals surface area contributed by atoms with Crippen LogP contribution >= 0.6 is 0 Å². The Balaban J connectivity index is 1.68. The maximum Gasteiger partial charge on any atom is 0.224 e. The van der Waals surface area contributed by atoms with Crippen LogP contribution in [-0.2, 0) is 15.8 Å². The minimum atomic E-state index is -3.75. The number of anilines is 2. The third-order valence-electron chi connectivity index (χ3n) is 4.48. The van der Waals surface area contributed by atoms with Gasteiger partial charge in [-0.25, -0.2) is 22.2 Å². The second kappa shape index (κ2) is 8.36. The Bertz CT molecular complexity index is 947. The summed E-state index contributed by atoms with van der Waals surface area (Å²) in [6.45, 7) is 5.93. The second-order valence-corrected chi connectivity index (χ2v) is 8.57. The molecule has 7 nitrogen and oxygen atoms in total. The van der Waals surface area contributed by atoms with E-state index in [4.69, 9.17) is 0 Å². The molecule has 0 saturated carbocycles. The van der Waals surface area contributed by atoms with E-state index in [0.29, 0.717) is 25.6 Å². The van der Waals surface area contributed by atoms with Gasteiger partial charge in [-0.05, 0) is 32.0 Å². The largest absolute Gasteiger partial charge is 0.354 e. The summed E-state index contributed by atoms with van der Waals surface area (Å²) in [7, 11) is -3.75. The topological polar surface area (TPSA) is 78.4 Å². The van der Waals surface area contributed by atoms with E-state index in [-0.39, 0.29) is 18.7 Å². The van der Waals surface area contributed by atoms with Gasteiger partial charge in [0.05, 0.1) is 5.75 Å². The Labute approximate surface area is 163 Å². The molecule has 2 heterocycles. The Hall–Kier alpha value is -2.33. The van der Waals surface area contributed by atoms with Gasteiger partial charge in [0.2, 0.25) is 16.0 Å². The molecular formula is C18H23F2N5O2S. The van der Waals surface area contributed by atoms with Gasteiger partial charge in [-0.1, -0.05) is 0 Å². The number of aryl methyl sites for hydroxylation is 1. The van der Waals surface area contributed by atoms with Gasteiger partial charge in [0, 0.05) is 50.0 Å². The van der Waals surface area contributed by atoms with Crippen molar-refractivity contribution in [2.45, 2.75) is 19.6 Å². The van der Waals surface area contributed by atoms with Crippen molar-refractivity contribution in [3.8, 4) is 0 Å². The van der Waals surface area contributed by atoms with Crippen molar-refractivity contribution in [1.82, 2.24) is 14.3 Å². The van der Waals surface area contributed by atoms with Gasteiger partial charge in [0.15, 0.2) is 0 Å². The molecule has 152 valence electrons. The van der Waals surface area contributed by atoms with Crippen LogP contribution < -0.4 is 10.2 Å². The van der Waals surface area contributed by atoms with Crippen molar-refractivity contribution >= 4 is 21.8 Å². The minimum absolute atomic E-state index is 0.163. The van der Waals surface area contributed by atoms with E-state index in [9.17, 15) is 17.2 Å². The standard InChI is InChI=1S/C18H23F2N5O2S/c1-3-21-18-22-13(2)10-17(23-18)24-6-8-25(9-7-24)28(26,27)12-14-11-15(19)4-5-16(14)20/h4-5,10-11H,3,6-9,12H2,1-2H3,(H,21,22,23). The van der Waals surface area contributed by atoms with Crippen LogP contribution in [0.1, 0.15) is 18.2 Å². The molecule has 1 aromatic carbocycles. The van der Waals surface area contributed by atoms with E-state index in [1.54, 1.807) is 0 Å². The number of piperazine rings is 1. The van der Waals surface area contributed by atoms with E-state index in [1.807, 2.05) is 24.8 Å². The summed E-state index contributed by atoms with van der Waals surface area (Å²) in [4.78, 5) is 10.8. The first-order chi connectivity index (χ1) is 13.3. The van der Waals surface area contributed by atoms with Crippen molar-refractivity contribution in [3.05, 3.63) is 47.2 Å². The van der Waals surface area contributed by atoms with Crippen LogP contribution in [-0.4, -0.2) is 55.4 Å². The second-order valence-electron chi connectivity index (χ2n) is 6.60. The highest BCUT2D eigenvalue weighted by atomic mass is 32.2. The summed E-state index contributed by atoms with van der Waals surface area (Å²) in [5.41, 5.74) is 0.654. The van der Waals surface area contributed by atoms with Crippen LogP contribution in [0.25, 0.3) is 0 Å². The molecule has 1 fully saturated rings. The van der Waals surface area contributed by atoms with Crippen molar-refractivity contribution in [1.29, 1.82) is 0 Å². The van der Waals surface area contributed by atoms with Gasteiger partial charge in [-0.2, -0.15) is 9.29 Å². The number of hydrogen-bond acceptors (Lipinski definition) is 6. The summed E-state index contributed by atoms with van der Waals surface area (Å²) >= 11 is 0. The zero-order valence-corrected chi connectivity index (χ0v) is 16.6. The van der Waals surface area contributed by atoms with Crippen LogP contribution in [0.5, 0.6) is 0 Å². The number of aromatic nitrogens is 2. The lowest BCUT2D eigenvalue weighted by Gasteiger charge is -2.34. The van der Waals surface area contributed by atoms with E-state index < -0.39 is 27.4 Å². The van der Waals surface area contributed by atoms with E-state index in [0.717, 1.165) is 29.7 Å². The Kier molecular flexibility index (Phi) is 6.09. The van der Waals surface area contributed by atoms with E-state index in [1.165, 1.54) is 4.31 Å². The molecule has 0 amide bonds. The molecular weight excluding hydrogens is 388 g/mol. The minimum Gasteiger partial charge on any atom is -0.354 e. The molecule has 0 atom stereocenters. The average Bonchev–Trinajstić information content (AvgIpc) is 2.64. The Morgan fingerprint density at radius 1 is 1.11 bits per heavy atom. The maximum atomic E-state index is 13.8. The number of hydrogen-bond donors (Lipinski definition) is 1. The number of nitrogens with one attached hydrogen (secondary N) is 1. The van der Waals surface area contributed by atoms with E-state index in [2.05, 4.69) is 15.3 Å². The van der Waals surface area contributed by atoms with Gasteiger partial charge >= 0.3 is 0 Å². The lowest BCUT2D eigenvalue weighted by atomic mass is 10.2.